The van der Waals surface area contributed by atoms with Crippen LogP contribution in [0.3, 0.4) is 0 Å². The molecule has 2 aromatic rings. The van der Waals surface area contributed by atoms with E-state index in [1.807, 2.05) is 0 Å². The molecule has 4 nitrogen and oxygen atoms in total. The van der Waals surface area contributed by atoms with Gasteiger partial charge in [0.25, 0.3) is 5.91 Å². The van der Waals surface area contributed by atoms with Crippen LogP contribution in [0.4, 0.5) is 26.3 Å². The van der Waals surface area contributed by atoms with Crippen LogP contribution in [-0.4, -0.2) is 35.2 Å². The molecule has 1 fully saturated rings. The first-order chi connectivity index (χ1) is 12.5. The molecule has 0 bridgehead atoms. The highest BCUT2D eigenvalue weighted by molar-refractivity contribution is 7.17. The van der Waals surface area contributed by atoms with Crippen molar-refractivity contribution in [2.45, 2.75) is 32.1 Å². The molecule has 1 aliphatic heterocycles. The maximum Gasteiger partial charge on any atom is 0.452 e. The first-order valence-electron chi connectivity index (χ1n) is 7.98. The molecule has 0 spiro atoms. The molecule has 0 aliphatic carbocycles. The highest BCUT2D eigenvalue weighted by atomic mass is 32.1. The van der Waals surface area contributed by atoms with E-state index < -0.39 is 29.9 Å². The Bertz CT molecular complexity index is 831. The Hall–Kier alpha value is -2.04. The molecule has 148 valence electrons. The lowest BCUT2D eigenvalue weighted by Gasteiger charge is -2.32. The summed E-state index contributed by atoms with van der Waals surface area (Å²) >= 11 is 0.929. The van der Waals surface area contributed by atoms with Crippen LogP contribution in [0.2, 0.25) is 0 Å². The molecule has 27 heavy (non-hydrogen) atoms. The quantitative estimate of drug-likeness (QED) is 0.642. The van der Waals surface area contributed by atoms with E-state index in [9.17, 15) is 31.1 Å². The molecule has 3 heterocycles. The Morgan fingerprint density at radius 1 is 1.19 bits per heavy atom. The van der Waals surface area contributed by atoms with Crippen LogP contribution in [0.1, 0.15) is 33.8 Å². The minimum Gasteiger partial charge on any atom is -0.351 e. The van der Waals surface area contributed by atoms with Gasteiger partial charge >= 0.3 is 12.4 Å². The van der Waals surface area contributed by atoms with Gasteiger partial charge in [0.15, 0.2) is 0 Å². The molecule has 1 saturated heterocycles. The molecule has 0 saturated carbocycles. The molecule has 0 radical (unpaired) electrons. The monoisotopic (exact) mass is 412 g/mol. The third-order valence-corrected chi connectivity index (χ3v) is 5.56. The second kappa shape index (κ2) is 6.84. The molecule has 0 unspecified atom stereocenters. The molecule has 0 N–H and O–H groups in total. The summed E-state index contributed by atoms with van der Waals surface area (Å²) in [5.41, 5.74) is -0.198. The van der Waals surface area contributed by atoms with Gasteiger partial charge in [0.1, 0.15) is 5.69 Å². The standard InChI is InChI=1S/C16H14F6N2O2S/c1-8-12(23-26-13(8)16(20,21)22)10-2-3-11(27-10)14(25)24-6-4-9(5-7-24)15(17,18)19/h2-3,9H,4-7H2,1H3. The number of halogens is 6. The number of rotatable bonds is 2. The maximum absolute atomic E-state index is 12.8. The average Bonchev–Trinajstić information content (AvgIpc) is 3.19. The van der Waals surface area contributed by atoms with Crippen LogP contribution in [0.25, 0.3) is 10.6 Å². The van der Waals surface area contributed by atoms with Crippen molar-refractivity contribution >= 4 is 17.2 Å². The summed E-state index contributed by atoms with van der Waals surface area (Å²) in [6.45, 7) is 1.19. The zero-order chi connectivity index (χ0) is 20.0. The van der Waals surface area contributed by atoms with Gasteiger partial charge in [0, 0.05) is 18.7 Å². The van der Waals surface area contributed by atoms with Crippen LogP contribution >= 0.6 is 11.3 Å². The van der Waals surface area contributed by atoms with E-state index in [2.05, 4.69) is 9.68 Å². The Kier molecular flexibility index (Phi) is 5.00. The molecule has 2 aromatic heterocycles. The second-order valence-electron chi connectivity index (χ2n) is 6.26. The number of hydrogen-bond acceptors (Lipinski definition) is 4. The lowest BCUT2D eigenvalue weighted by atomic mass is 9.96. The fraction of sp³-hybridized carbons (Fsp3) is 0.500. The lowest BCUT2D eigenvalue weighted by Crippen LogP contribution is -2.41. The van der Waals surface area contributed by atoms with E-state index in [0.717, 1.165) is 11.3 Å². The minimum absolute atomic E-state index is 0.0119. The molecule has 1 amide bonds. The third-order valence-electron chi connectivity index (χ3n) is 4.48. The number of amides is 1. The summed E-state index contributed by atoms with van der Waals surface area (Å²) in [5.74, 6) is -3.06. The first-order valence-corrected chi connectivity index (χ1v) is 8.79. The average molecular weight is 412 g/mol. The fourth-order valence-corrected chi connectivity index (χ4v) is 3.99. The molecule has 0 atom stereocenters. The lowest BCUT2D eigenvalue weighted by molar-refractivity contribution is -0.183. The zero-order valence-corrected chi connectivity index (χ0v) is 14.8. The number of alkyl halides is 6. The van der Waals surface area contributed by atoms with Crippen molar-refractivity contribution in [2.75, 3.05) is 13.1 Å². The van der Waals surface area contributed by atoms with Crippen molar-refractivity contribution in [1.82, 2.24) is 10.1 Å². The SMILES string of the molecule is Cc1c(-c2ccc(C(=O)N3CCC(C(F)(F)F)CC3)s2)noc1C(F)(F)F. The summed E-state index contributed by atoms with van der Waals surface area (Å²) in [4.78, 5) is 14.4. The van der Waals surface area contributed by atoms with Gasteiger partial charge in [-0.1, -0.05) is 5.16 Å². The fourth-order valence-electron chi connectivity index (χ4n) is 2.98. The van der Waals surface area contributed by atoms with E-state index in [1.54, 1.807) is 0 Å². The second-order valence-corrected chi connectivity index (χ2v) is 7.34. The van der Waals surface area contributed by atoms with Crippen LogP contribution in [0.15, 0.2) is 16.7 Å². The van der Waals surface area contributed by atoms with E-state index >= 15 is 0 Å². The van der Waals surface area contributed by atoms with Gasteiger partial charge in [-0.15, -0.1) is 11.3 Å². The normalized spacial score (nSPS) is 16.8. The van der Waals surface area contributed by atoms with Gasteiger partial charge in [-0.3, -0.25) is 4.79 Å². The number of nitrogens with zero attached hydrogens (tertiary/aromatic N) is 2. The Morgan fingerprint density at radius 3 is 2.33 bits per heavy atom. The topological polar surface area (TPSA) is 46.3 Å². The predicted molar refractivity (Wildman–Crippen MR) is 84.2 cm³/mol. The van der Waals surface area contributed by atoms with Gasteiger partial charge in [0.2, 0.25) is 5.76 Å². The van der Waals surface area contributed by atoms with E-state index in [-0.39, 0.29) is 42.1 Å². The van der Waals surface area contributed by atoms with Crippen molar-refractivity contribution in [2.24, 2.45) is 5.92 Å². The van der Waals surface area contributed by atoms with Gasteiger partial charge in [-0.25, -0.2) is 0 Å². The van der Waals surface area contributed by atoms with Gasteiger partial charge < -0.3 is 9.42 Å². The molecular formula is C16H14F6N2O2S. The number of hydrogen-bond donors (Lipinski definition) is 0. The Balaban J connectivity index is 1.73. The van der Waals surface area contributed by atoms with Crippen LogP contribution < -0.4 is 0 Å². The third kappa shape index (κ3) is 3.97. The highest BCUT2D eigenvalue weighted by Crippen LogP contribution is 2.39. The number of piperidine rings is 1. The maximum atomic E-state index is 12.8. The minimum atomic E-state index is -4.67. The predicted octanol–water partition coefficient (Wildman–Crippen LogP) is 5.14. The highest BCUT2D eigenvalue weighted by Gasteiger charge is 2.42. The van der Waals surface area contributed by atoms with Crippen LogP contribution in [-0.2, 0) is 6.18 Å². The van der Waals surface area contributed by atoms with Crippen molar-refractivity contribution in [1.29, 1.82) is 0 Å². The van der Waals surface area contributed by atoms with Crippen LogP contribution in [0.5, 0.6) is 0 Å². The number of carbonyl (C=O) groups excluding carboxylic acids is 1. The summed E-state index contributed by atoms with van der Waals surface area (Å²) < 4.78 is 80.9. The molecule has 11 heteroatoms. The summed E-state index contributed by atoms with van der Waals surface area (Å²) in [7, 11) is 0. The van der Waals surface area contributed by atoms with Gasteiger partial charge in [-0.05, 0) is 31.9 Å². The van der Waals surface area contributed by atoms with Crippen molar-refractivity contribution < 1.29 is 35.7 Å². The van der Waals surface area contributed by atoms with E-state index in [1.165, 1.54) is 24.0 Å². The molecule has 0 aromatic carbocycles. The molecular weight excluding hydrogens is 398 g/mol. The molecule has 3 rings (SSSR count). The van der Waals surface area contributed by atoms with E-state index in [0.29, 0.717) is 4.88 Å². The Morgan fingerprint density at radius 2 is 1.81 bits per heavy atom. The molecule has 1 aliphatic rings. The van der Waals surface area contributed by atoms with Crippen molar-refractivity contribution in [3.63, 3.8) is 0 Å². The summed E-state index contributed by atoms with van der Waals surface area (Å²) in [6, 6.07) is 2.88. The van der Waals surface area contributed by atoms with Crippen molar-refractivity contribution in [3.8, 4) is 10.6 Å². The van der Waals surface area contributed by atoms with Gasteiger partial charge in [-0.2, -0.15) is 26.3 Å². The largest absolute Gasteiger partial charge is 0.452 e. The Labute approximate surface area is 153 Å². The van der Waals surface area contributed by atoms with E-state index in [4.69, 9.17) is 0 Å². The smallest absolute Gasteiger partial charge is 0.351 e. The summed E-state index contributed by atoms with van der Waals surface area (Å²) in [6.07, 6.45) is -9.27. The number of likely N-dealkylation sites (tertiary alicyclic amines) is 1. The van der Waals surface area contributed by atoms with Crippen LogP contribution in [0, 0.1) is 12.8 Å². The first kappa shape index (κ1) is 19.7. The number of thiophene rings is 1. The van der Waals surface area contributed by atoms with Gasteiger partial charge in [0.05, 0.1) is 15.7 Å². The number of aromatic nitrogens is 1. The number of carbonyl (C=O) groups is 1. The summed E-state index contributed by atoms with van der Waals surface area (Å²) in [5, 5.41) is 3.44. The zero-order valence-electron chi connectivity index (χ0n) is 13.9. The van der Waals surface area contributed by atoms with Crippen molar-refractivity contribution in [3.05, 3.63) is 28.3 Å².